The maximum absolute atomic E-state index is 13.9. The molecule has 31 heavy (non-hydrogen) atoms. The van der Waals surface area contributed by atoms with E-state index in [1.54, 1.807) is 18.2 Å². The highest BCUT2D eigenvalue weighted by Crippen LogP contribution is 2.34. The molecule has 3 aromatic rings. The van der Waals surface area contributed by atoms with Crippen molar-refractivity contribution in [1.82, 2.24) is 0 Å². The number of benzene rings is 2. The van der Waals surface area contributed by atoms with Crippen molar-refractivity contribution in [1.29, 1.82) is 0 Å². The van der Waals surface area contributed by atoms with Gasteiger partial charge in [0.05, 0.1) is 23.5 Å². The number of halogens is 1. The fourth-order valence-electron chi connectivity index (χ4n) is 2.93. The third kappa shape index (κ3) is 4.98. The van der Waals surface area contributed by atoms with Crippen LogP contribution in [0.2, 0.25) is 0 Å². The number of thiophene rings is 1. The van der Waals surface area contributed by atoms with Crippen LogP contribution in [-0.2, 0) is 22.2 Å². The van der Waals surface area contributed by atoms with Crippen LogP contribution < -0.4 is 11.1 Å². The molecule has 0 radical (unpaired) electrons. The second kappa shape index (κ2) is 8.96. The lowest BCUT2D eigenvalue weighted by atomic mass is 10.1. The topological polar surface area (TPSA) is 127 Å². The first kappa shape index (κ1) is 22.6. The second-order valence-electron chi connectivity index (χ2n) is 6.80. The van der Waals surface area contributed by atoms with E-state index < -0.39 is 33.2 Å². The van der Waals surface area contributed by atoms with Gasteiger partial charge in [0.25, 0.3) is 11.8 Å². The molecule has 4 N–H and O–H groups in total. The summed E-state index contributed by atoms with van der Waals surface area (Å²) < 4.78 is 39.6. The lowest BCUT2D eigenvalue weighted by Crippen LogP contribution is -2.17. The number of aliphatic hydroxyl groups is 1. The van der Waals surface area contributed by atoms with Gasteiger partial charge in [0, 0.05) is 0 Å². The van der Waals surface area contributed by atoms with E-state index in [1.807, 2.05) is 6.92 Å². The van der Waals surface area contributed by atoms with Crippen LogP contribution in [0.25, 0.3) is 0 Å². The molecule has 1 aromatic heterocycles. The third-order valence-corrected chi connectivity index (χ3v) is 7.78. The molecule has 0 spiro atoms. The number of amides is 2. The van der Waals surface area contributed by atoms with Gasteiger partial charge < -0.3 is 16.2 Å². The maximum Gasteiger partial charge on any atom is 0.259 e. The quantitative estimate of drug-likeness (QED) is 0.498. The average molecular weight is 463 g/mol. The zero-order valence-electron chi connectivity index (χ0n) is 16.4. The van der Waals surface area contributed by atoms with Gasteiger partial charge in [-0.1, -0.05) is 35.9 Å². The van der Waals surface area contributed by atoms with E-state index in [1.165, 1.54) is 18.2 Å². The molecule has 2 amide bonds. The van der Waals surface area contributed by atoms with Crippen LogP contribution in [0.5, 0.6) is 0 Å². The van der Waals surface area contributed by atoms with Crippen molar-refractivity contribution < 1.29 is 27.5 Å². The standard InChI is InChI=1S/C21H19FN2O5S2/c1-12-6-7-13(14(8-12)10-25)11-31(28,29)18-9-16(19(23)26)21(30-18)24-20(27)15-4-2-3-5-17(15)22/h2-9,25H,10-11H2,1H3,(H2,23,26)(H,24,27). The van der Waals surface area contributed by atoms with Crippen molar-refractivity contribution in [3.8, 4) is 0 Å². The summed E-state index contributed by atoms with van der Waals surface area (Å²) in [7, 11) is -3.93. The van der Waals surface area contributed by atoms with Gasteiger partial charge in [-0.15, -0.1) is 11.3 Å². The zero-order chi connectivity index (χ0) is 22.8. The van der Waals surface area contributed by atoms with Crippen molar-refractivity contribution in [2.24, 2.45) is 5.73 Å². The van der Waals surface area contributed by atoms with Crippen LogP contribution in [-0.4, -0.2) is 25.3 Å². The number of anilines is 1. The van der Waals surface area contributed by atoms with Crippen LogP contribution in [0.1, 0.15) is 37.4 Å². The largest absolute Gasteiger partial charge is 0.392 e. The summed E-state index contributed by atoms with van der Waals surface area (Å²) in [5.41, 5.74) is 6.65. The monoisotopic (exact) mass is 462 g/mol. The molecule has 0 saturated carbocycles. The van der Waals surface area contributed by atoms with Gasteiger partial charge in [0.2, 0.25) is 0 Å². The van der Waals surface area contributed by atoms with Gasteiger partial charge in [-0.05, 0) is 36.2 Å². The Morgan fingerprint density at radius 2 is 1.81 bits per heavy atom. The summed E-state index contributed by atoms with van der Waals surface area (Å²) in [6.07, 6.45) is 0. The summed E-state index contributed by atoms with van der Waals surface area (Å²) in [6, 6.07) is 11.4. The molecule has 0 aliphatic carbocycles. The van der Waals surface area contributed by atoms with Crippen molar-refractivity contribution in [2.45, 2.75) is 23.5 Å². The van der Waals surface area contributed by atoms with Crippen LogP contribution in [0.4, 0.5) is 9.39 Å². The lowest BCUT2D eigenvalue weighted by Gasteiger charge is -2.08. The van der Waals surface area contributed by atoms with Gasteiger partial charge in [0.1, 0.15) is 15.0 Å². The average Bonchev–Trinajstić information content (AvgIpc) is 3.14. The van der Waals surface area contributed by atoms with E-state index >= 15 is 0 Å². The number of hydrogen-bond donors (Lipinski definition) is 3. The van der Waals surface area contributed by atoms with Gasteiger partial charge in [-0.3, -0.25) is 9.59 Å². The first-order valence-corrected chi connectivity index (χ1v) is 11.5. The van der Waals surface area contributed by atoms with Gasteiger partial charge in [0.15, 0.2) is 9.84 Å². The normalized spacial score (nSPS) is 11.3. The van der Waals surface area contributed by atoms with Crippen molar-refractivity contribution in [3.05, 3.63) is 82.2 Å². The molecular weight excluding hydrogens is 443 g/mol. The van der Waals surface area contributed by atoms with E-state index in [0.717, 1.165) is 17.7 Å². The Balaban J connectivity index is 1.95. The Hall–Kier alpha value is -3.08. The number of carbonyl (C=O) groups excluding carboxylic acids is 2. The molecule has 162 valence electrons. The minimum Gasteiger partial charge on any atom is -0.392 e. The van der Waals surface area contributed by atoms with E-state index in [9.17, 15) is 27.5 Å². The highest BCUT2D eigenvalue weighted by atomic mass is 32.2. The van der Waals surface area contributed by atoms with E-state index in [0.29, 0.717) is 22.5 Å². The number of rotatable bonds is 7. The first-order valence-electron chi connectivity index (χ1n) is 9.04. The molecule has 0 fully saturated rings. The summed E-state index contributed by atoms with van der Waals surface area (Å²) in [5, 5.41) is 11.8. The lowest BCUT2D eigenvalue weighted by molar-refractivity contribution is 0.100. The number of aliphatic hydroxyl groups excluding tert-OH is 1. The fraction of sp³-hybridized carbons (Fsp3) is 0.143. The molecule has 2 aromatic carbocycles. The van der Waals surface area contributed by atoms with Crippen molar-refractivity contribution in [3.63, 3.8) is 0 Å². The number of sulfone groups is 1. The van der Waals surface area contributed by atoms with Crippen LogP contribution in [0, 0.1) is 12.7 Å². The highest BCUT2D eigenvalue weighted by Gasteiger charge is 2.25. The summed E-state index contributed by atoms with van der Waals surface area (Å²) in [4.78, 5) is 24.2. The minimum absolute atomic E-state index is 0.0920. The van der Waals surface area contributed by atoms with E-state index in [-0.39, 0.29) is 26.9 Å². The number of aryl methyl sites for hydroxylation is 1. The molecule has 0 atom stereocenters. The van der Waals surface area contributed by atoms with Gasteiger partial charge in [-0.2, -0.15) is 0 Å². The molecule has 0 aliphatic rings. The van der Waals surface area contributed by atoms with Crippen molar-refractivity contribution >= 4 is 38.0 Å². The smallest absolute Gasteiger partial charge is 0.259 e. The number of nitrogens with two attached hydrogens (primary N) is 1. The van der Waals surface area contributed by atoms with Crippen molar-refractivity contribution in [2.75, 3.05) is 5.32 Å². The van der Waals surface area contributed by atoms with E-state index in [2.05, 4.69) is 5.32 Å². The Morgan fingerprint density at radius 1 is 1.10 bits per heavy atom. The van der Waals surface area contributed by atoms with Crippen LogP contribution in [0.15, 0.2) is 52.7 Å². The maximum atomic E-state index is 13.9. The summed E-state index contributed by atoms with van der Waals surface area (Å²) >= 11 is 0.654. The number of primary amides is 1. The predicted molar refractivity (Wildman–Crippen MR) is 115 cm³/mol. The number of nitrogens with one attached hydrogen (secondary N) is 1. The molecule has 7 nitrogen and oxygen atoms in total. The number of carbonyl (C=O) groups is 2. The Labute approximate surface area is 182 Å². The Morgan fingerprint density at radius 3 is 2.45 bits per heavy atom. The van der Waals surface area contributed by atoms with Gasteiger partial charge >= 0.3 is 0 Å². The first-order chi connectivity index (χ1) is 14.6. The Bertz CT molecular complexity index is 1270. The molecule has 3 rings (SSSR count). The Kier molecular flexibility index (Phi) is 6.54. The predicted octanol–water partition coefficient (Wildman–Crippen LogP) is 3.01. The fourth-order valence-corrected chi connectivity index (χ4v) is 5.79. The molecule has 10 heteroatoms. The molecule has 0 aliphatic heterocycles. The second-order valence-corrected chi connectivity index (χ2v) is 10.1. The van der Waals surface area contributed by atoms with E-state index in [4.69, 9.17) is 5.73 Å². The zero-order valence-corrected chi connectivity index (χ0v) is 18.0. The third-order valence-electron chi connectivity index (χ3n) is 4.50. The molecule has 1 heterocycles. The summed E-state index contributed by atoms with van der Waals surface area (Å²) in [5.74, 6) is -2.95. The number of hydrogen-bond acceptors (Lipinski definition) is 6. The molecule has 0 bridgehead atoms. The minimum atomic E-state index is -3.93. The van der Waals surface area contributed by atoms with Crippen LogP contribution in [0.3, 0.4) is 0 Å². The van der Waals surface area contributed by atoms with Crippen LogP contribution >= 0.6 is 11.3 Å². The molecule has 0 saturated heterocycles. The highest BCUT2D eigenvalue weighted by molar-refractivity contribution is 7.92. The van der Waals surface area contributed by atoms with Gasteiger partial charge in [-0.25, -0.2) is 12.8 Å². The SMILES string of the molecule is Cc1ccc(CS(=O)(=O)c2cc(C(N)=O)c(NC(=O)c3ccccc3F)s2)c(CO)c1. The molecule has 0 unspecified atom stereocenters. The summed E-state index contributed by atoms with van der Waals surface area (Å²) in [6.45, 7) is 1.49. The molecular formula is C21H19FN2O5S2.